The fraction of sp³-hybridized carbons (Fsp3) is 1.00. The smallest absolute Gasteiger partial charge is 0.0254 e. The minimum atomic E-state index is -0.132. The molecule has 1 rings (SSSR count). The summed E-state index contributed by atoms with van der Waals surface area (Å²) in [6, 6.07) is 0.687. The normalized spacial score (nSPS) is 28.1. The molecule has 3 nitrogen and oxygen atoms in total. The maximum atomic E-state index is 6.28. The van der Waals surface area contributed by atoms with Crippen LogP contribution in [0.3, 0.4) is 0 Å². The quantitative estimate of drug-likeness (QED) is 0.812. The molecule has 3 heteroatoms. The Hall–Kier alpha value is -0.120. The van der Waals surface area contributed by atoms with Crippen LogP contribution in [0.25, 0.3) is 0 Å². The van der Waals surface area contributed by atoms with Crippen molar-refractivity contribution in [3.8, 4) is 0 Å². The Kier molecular flexibility index (Phi) is 4.28. The molecule has 0 aliphatic carbocycles. The van der Waals surface area contributed by atoms with Gasteiger partial charge in [0.05, 0.1) is 0 Å². The van der Waals surface area contributed by atoms with Gasteiger partial charge in [0.1, 0.15) is 0 Å². The van der Waals surface area contributed by atoms with Gasteiger partial charge in [0, 0.05) is 31.2 Å². The zero-order valence-electron chi connectivity index (χ0n) is 12.7. The summed E-state index contributed by atoms with van der Waals surface area (Å²) < 4.78 is 0. The standard InChI is InChI=1S/C14H31N3/c1-11-8-17(9-12(11)16(6)7)10-13(2,3)14(4,5)15/h11-12H,8-10,15H2,1-7H3. The molecule has 0 saturated carbocycles. The lowest BCUT2D eigenvalue weighted by Gasteiger charge is -2.41. The molecule has 102 valence electrons. The first-order chi connectivity index (χ1) is 7.54. The fourth-order valence-corrected chi connectivity index (χ4v) is 2.61. The average Bonchev–Trinajstić information content (AvgIpc) is 2.43. The second-order valence-electron chi connectivity index (χ2n) is 7.31. The molecule has 0 amide bonds. The van der Waals surface area contributed by atoms with E-state index in [0.29, 0.717) is 6.04 Å². The van der Waals surface area contributed by atoms with E-state index in [1.54, 1.807) is 0 Å². The zero-order valence-corrected chi connectivity index (χ0v) is 12.7. The summed E-state index contributed by atoms with van der Waals surface area (Å²) in [4.78, 5) is 4.93. The van der Waals surface area contributed by atoms with Gasteiger partial charge in [-0.05, 0) is 39.3 Å². The Balaban J connectivity index is 2.61. The predicted octanol–water partition coefficient (Wildman–Crippen LogP) is 1.63. The molecule has 0 radical (unpaired) electrons. The zero-order chi connectivity index (χ0) is 13.4. The number of nitrogens with zero attached hydrogens (tertiary/aromatic N) is 2. The van der Waals surface area contributed by atoms with Crippen LogP contribution in [-0.2, 0) is 0 Å². The summed E-state index contributed by atoms with van der Waals surface area (Å²) in [5, 5.41) is 0. The van der Waals surface area contributed by atoms with E-state index < -0.39 is 0 Å². The minimum Gasteiger partial charge on any atom is -0.325 e. The monoisotopic (exact) mass is 241 g/mol. The fourth-order valence-electron chi connectivity index (χ4n) is 2.61. The molecule has 0 aromatic heterocycles. The maximum Gasteiger partial charge on any atom is 0.0254 e. The van der Waals surface area contributed by atoms with E-state index in [2.05, 4.69) is 58.5 Å². The lowest BCUT2D eigenvalue weighted by atomic mass is 9.75. The Morgan fingerprint density at radius 3 is 2.06 bits per heavy atom. The first-order valence-corrected chi connectivity index (χ1v) is 6.72. The molecular formula is C14H31N3. The summed E-state index contributed by atoms with van der Waals surface area (Å²) >= 11 is 0. The molecule has 1 heterocycles. The molecular weight excluding hydrogens is 210 g/mol. The summed E-state index contributed by atoms with van der Waals surface area (Å²) in [5.74, 6) is 0.752. The Labute approximate surface area is 107 Å². The van der Waals surface area contributed by atoms with Gasteiger partial charge in [-0.2, -0.15) is 0 Å². The van der Waals surface area contributed by atoms with Crippen LogP contribution in [-0.4, -0.2) is 55.1 Å². The van der Waals surface area contributed by atoms with E-state index in [1.807, 2.05) is 0 Å². The first kappa shape index (κ1) is 14.9. The van der Waals surface area contributed by atoms with Crippen molar-refractivity contribution in [3.63, 3.8) is 0 Å². The van der Waals surface area contributed by atoms with Gasteiger partial charge in [-0.3, -0.25) is 0 Å². The summed E-state index contributed by atoms with van der Waals surface area (Å²) in [6.45, 7) is 14.6. The van der Waals surface area contributed by atoms with Crippen LogP contribution in [0, 0.1) is 11.3 Å². The molecule has 17 heavy (non-hydrogen) atoms. The number of likely N-dealkylation sites (tertiary alicyclic amines) is 1. The Bertz CT molecular complexity index is 253. The molecule has 1 aliphatic heterocycles. The van der Waals surface area contributed by atoms with Crippen molar-refractivity contribution in [2.45, 2.75) is 46.2 Å². The highest BCUT2D eigenvalue weighted by Crippen LogP contribution is 2.31. The SMILES string of the molecule is CC1CN(CC(C)(C)C(C)(C)N)CC1N(C)C. The predicted molar refractivity (Wildman–Crippen MR) is 75.1 cm³/mol. The van der Waals surface area contributed by atoms with Crippen LogP contribution in [0.1, 0.15) is 34.6 Å². The van der Waals surface area contributed by atoms with Gasteiger partial charge >= 0.3 is 0 Å². The van der Waals surface area contributed by atoms with E-state index in [1.165, 1.54) is 13.1 Å². The van der Waals surface area contributed by atoms with E-state index >= 15 is 0 Å². The van der Waals surface area contributed by atoms with Crippen molar-refractivity contribution < 1.29 is 0 Å². The van der Waals surface area contributed by atoms with Gasteiger partial charge in [-0.25, -0.2) is 0 Å². The molecule has 0 spiro atoms. The number of nitrogens with two attached hydrogens (primary N) is 1. The topological polar surface area (TPSA) is 32.5 Å². The van der Waals surface area contributed by atoms with Crippen LogP contribution < -0.4 is 5.73 Å². The van der Waals surface area contributed by atoms with E-state index in [9.17, 15) is 0 Å². The first-order valence-electron chi connectivity index (χ1n) is 6.72. The van der Waals surface area contributed by atoms with E-state index in [0.717, 1.165) is 12.5 Å². The maximum absolute atomic E-state index is 6.28. The van der Waals surface area contributed by atoms with Crippen molar-refractivity contribution in [1.29, 1.82) is 0 Å². The molecule has 1 saturated heterocycles. The van der Waals surface area contributed by atoms with Crippen LogP contribution in [0.4, 0.5) is 0 Å². The van der Waals surface area contributed by atoms with Crippen LogP contribution in [0.15, 0.2) is 0 Å². The summed E-state index contributed by atoms with van der Waals surface area (Å²) in [7, 11) is 4.37. The van der Waals surface area contributed by atoms with Gasteiger partial charge in [0.2, 0.25) is 0 Å². The molecule has 2 atom stereocenters. The minimum absolute atomic E-state index is 0.132. The van der Waals surface area contributed by atoms with Crippen LogP contribution >= 0.6 is 0 Å². The Morgan fingerprint density at radius 2 is 1.71 bits per heavy atom. The third-order valence-electron chi connectivity index (χ3n) is 4.67. The molecule has 2 unspecified atom stereocenters. The lowest BCUT2D eigenvalue weighted by Crippen LogP contribution is -2.53. The van der Waals surface area contributed by atoms with E-state index in [-0.39, 0.29) is 11.0 Å². The van der Waals surface area contributed by atoms with Crippen LogP contribution in [0.2, 0.25) is 0 Å². The molecule has 0 bridgehead atoms. The molecule has 1 fully saturated rings. The lowest BCUT2D eigenvalue weighted by molar-refractivity contribution is 0.124. The highest BCUT2D eigenvalue weighted by Gasteiger charge is 2.39. The van der Waals surface area contributed by atoms with E-state index in [4.69, 9.17) is 5.73 Å². The molecule has 2 N–H and O–H groups in total. The van der Waals surface area contributed by atoms with Crippen molar-refractivity contribution >= 4 is 0 Å². The van der Waals surface area contributed by atoms with Crippen molar-refractivity contribution in [2.24, 2.45) is 17.1 Å². The highest BCUT2D eigenvalue weighted by molar-refractivity contribution is 4.95. The summed E-state index contributed by atoms with van der Waals surface area (Å²) in [5.41, 5.74) is 6.30. The number of hydrogen-bond donors (Lipinski definition) is 1. The average molecular weight is 241 g/mol. The third-order valence-corrected chi connectivity index (χ3v) is 4.67. The van der Waals surface area contributed by atoms with Crippen LogP contribution in [0.5, 0.6) is 0 Å². The number of likely N-dealkylation sites (N-methyl/N-ethyl adjacent to an activating group) is 1. The van der Waals surface area contributed by atoms with Crippen molar-refractivity contribution in [1.82, 2.24) is 9.80 Å². The highest BCUT2D eigenvalue weighted by atomic mass is 15.2. The van der Waals surface area contributed by atoms with Gasteiger partial charge < -0.3 is 15.5 Å². The third kappa shape index (κ3) is 3.43. The van der Waals surface area contributed by atoms with Gasteiger partial charge in [-0.15, -0.1) is 0 Å². The largest absolute Gasteiger partial charge is 0.325 e. The van der Waals surface area contributed by atoms with Gasteiger partial charge in [0.25, 0.3) is 0 Å². The molecule has 0 aromatic rings. The second-order valence-corrected chi connectivity index (χ2v) is 7.31. The molecule has 1 aliphatic rings. The summed E-state index contributed by atoms with van der Waals surface area (Å²) in [6.07, 6.45) is 0. The molecule has 0 aromatic carbocycles. The van der Waals surface area contributed by atoms with Gasteiger partial charge in [-0.1, -0.05) is 20.8 Å². The van der Waals surface area contributed by atoms with Crippen molar-refractivity contribution in [2.75, 3.05) is 33.7 Å². The number of hydrogen-bond acceptors (Lipinski definition) is 3. The second kappa shape index (κ2) is 4.87. The Morgan fingerprint density at radius 1 is 1.18 bits per heavy atom. The van der Waals surface area contributed by atoms with Crippen molar-refractivity contribution in [3.05, 3.63) is 0 Å². The number of rotatable bonds is 4. The van der Waals surface area contributed by atoms with Gasteiger partial charge in [0.15, 0.2) is 0 Å².